The highest BCUT2D eigenvalue weighted by Crippen LogP contribution is 2.26. The van der Waals surface area contributed by atoms with Crippen molar-refractivity contribution in [2.75, 3.05) is 46.4 Å². The highest BCUT2D eigenvalue weighted by molar-refractivity contribution is 5.83. The SMILES string of the molecule is Cc1oc2cc(OCCN3CCN(C)CC3)ccc2c(=O)c1-c1ccccc1. The number of hydrogen-bond acceptors (Lipinski definition) is 5. The molecule has 0 radical (unpaired) electrons. The van der Waals surface area contributed by atoms with Crippen LogP contribution in [0.25, 0.3) is 22.1 Å². The van der Waals surface area contributed by atoms with Gasteiger partial charge in [0.15, 0.2) is 0 Å². The van der Waals surface area contributed by atoms with E-state index in [4.69, 9.17) is 9.15 Å². The second kappa shape index (κ2) is 8.17. The average Bonchev–Trinajstić information content (AvgIpc) is 2.70. The monoisotopic (exact) mass is 378 g/mol. The lowest BCUT2D eigenvalue weighted by atomic mass is 10.0. The first kappa shape index (κ1) is 18.7. The maximum atomic E-state index is 13.0. The molecule has 5 heteroatoms. The quantitative estimate of drug-likeness (QED) is 0.681. The zero-order valence-electron chi connectivity index (χ0n) is 16.5. The summed E-state index contributed by atoms with van der Waals surface area (Å²) >= 11 is 0. The first-order valence-corrected chi connectivity index (χ1v) is 9.78. The molecule has 2 aromatic carbocycles. The summed E-state index contributed by atoms with van der Waals surface area (Å²) in [6.07, 6.45) is 0. The second-order valence-electron chi connectivity index (χ2n) is 7.38. The molecule has 5 nitrogen and oxygen atoms in total. The minimum atomic E-state index is -0.00561. The van der Waals surface area contributed by atoms with E-state index in [1.165, 1.54) is 0 Å². The maximum absolute atomic E-state index is 13.0. The minimum Gasteiger partial charge on any atom is -0.492 e. The van der Waals surface area contributed by atoms with Gasteiger partial charge in [-0.15, -0.1) is 0 Å². The van der Waals surface area contributed by atoms with Crippen LogP contribution in [0.4, 0.5) is 0 Å². The number of aryl methyl sites for hydroxylation is 1. The summed E-state index contributed by atoms with van der Waals surface area (Å²) in [6.45, 7) is 7.72. The molecule has 0 saturated carbocycles. The topological polar surface area (TPSA) is 45.9 Å². The predicted molar refractivity (Wildman–Crippen MR) is 112 cm³/mol. The molecule has 0 spiro atoms. The van der Waals surface area contributed by atoms with E-state index < -0.39 is 0 Å². The summed E-state index contributed by atoms with van der Waals surface area (Å²) in [4.78, 5) is 17.8. The number of piperazine rings is 1. The molecule has 1 aliphatic heterocycles. The van der Waals surface area contributed by atoms with Crippen LogP contribution in [-0.4, -0.2) is 56.2 Å². The summed E-state index contributed by atoms with van der Waals surface area (Å²) in [5.41, 5.74) is 2.06. The van der Waals surface area contributed by atoms with Crippen LogP contribution in [-0.2, 0) is 0 Å². The number of fused-ring (bicyclic) bond motifs is 1. The third kappa shape index (κ3) is 3.96. The molecule has 3 aromatic rings. The molecule has 1 fully saturated rings. The van der Waals surface area contributed by atoms with Crippen molar-refractivity contribution in [2.45, 2.75) is 6.92 Å². The average molecular weight is 378 g/mol. The molecule has 0 atom stereocenters. The number of hydrogen-bond donors (Lipinski definition) is 0. The van der Waals surface area contributed by atoms with Gasteiger partial charge in [-0.1, -0.05) is 30.3 Å². The Morgan fingerprint density at radius 1 is 1.04 bits per heavy atom. The van der Waals surface area contributed by atoms with Crippen LogP contribution in [0.5, 0.6) is 5.75 Å². The largest absolute Gasteiger partial charge is 0.492 e. The van der Waals surface area contributed by atoms with Crippen molar-refractivity contribution in [3.63, 3.8) is 0 Å². The van der Waals surface area contributed by atoms with Gasteiger partial charge in [0.25, 0.3) is 0 Å². The molecule has 1 aromatic heterocycles. The van der Waals surface area contributed by atoms with Crippen LogP contribution in [0.3, 0.4) is 0 Å². The summed E-state index contributed by atoms with van der Waals surface area (Å²) in [6, 6.07) is 15.1. The van der Waals surface area contributed by atoms with Crippen LogP contribution >= 0.6 is 0 Å². The van der Waals surface area contributed by atoms with Gasteiger partial charge in [0.1, 0.15) is 23.7 Å². The van der Waals surface area contributed by atoms with Gasteiger partial charge in [0.2, 0.25) is 5.43 Å². The molecule has 0 N–H and O–H groups in total. The summed E-state index contributed by atoms with van der Waals surface area (Å²) in [7, 11) is 2.15. The Morgan fingerprint density at radius 2 is 1.79 bits per heavy atom. The van der Waals surface area contributed by atoms with E-state index in [0.29, 0.717) is 28.9 Å². The Labute approximate surface area is 165 Å². The van der Waals surface area contributed by atoms with Crippen LogP contribution in [0.15, 0.2) is 57.7 Å². The fourth-order valence-corrected chi connectivity index (χ4v) is 3.68. The molecule has 146 valence electrons. The van der Waals surface area contributed by atoms with Gasteiger partial charge in [0, 0.05) is 38.8 Å². The molecule has 1 saturated heterocycles. The number of rotatable bonds is 5. The zero-order chi connectivity index (χ0) is 19.5. The van der Waals surface area contributed by atoms with E-state index in [1.54, 1.807) is 6.07 Å². The van der Waals surface area contributed by atoms with Crippen LogP contribution in [0, 0.1) is 6.92 Å². The lowest BCUT2D eigenvalue weighted by molar-refractivity contribution is 0.134. The fraction of sp³-hybridized carbons (Fsp3) is 0.348. The molecular formula is C23H26N2O3. The first-order valence-electron chi connectivity index (χ1n) is 9.78. The normalized spacial score (nSPS) is 15.8. The smallest absolute Gasteiger partial charge is 0.200 e. The fourth-order valence-electron chi connectivity index (χ4n) is 3.68. The number of benzene rings is 2. The van der Waals surface area contributed by atoms with E-state index in [1.807, 2.05) is 49.4 Å². The molecule has 28 heavy (non-hydrogen) atoms. The van der Waals surface area contributed by atoms with Gasteiger partial charge in [-0.25, -0.2) is 0 Å². The molecule has 0 bridgehead atoms. The first-order chi connectivity index (χ1) is 13.6. The third-order valence-corrected chi connectivity index (χ3v) is 5.37. The third-order valence-electron chi connectivity index (χ3n) is 5.37. The van der Waals surface area contributed by atoms with Crippen molar-refractivity contribution in [3.8, 4) is 16.9 Å². The summed E-state index contributed by atoms with van der Waals surface area (Å²) in [5.74, 6) is 1.36. The van der Waals surface area contributed by atoms with Gasteiger partial charge in [-0.3, -0.25) is 9.69 Å². The van der Waals surface area contributed by atoms with Crippen molar-refractivity contribution in [3.05, 3.63) is 64.5 Å². The molecule has 2 heterocycles. The van der Waals surface area contributed by atoms with Crippen molar-refractivity contribution in [1.82, 2.24) is 9.80 Å². The molecule has 4 rings (SSSR count). The summed E-state index contributed by atoms with van der Waals surface area (Å²) in [5, 5.41) is 0.580. The number of likely N-dealkylation sites (N-methyl/N-ethyl adjacent to an activating group) is 1. The van der Waals surface area contributed by atoms with Gasteiger partial charge in [-0.2, -0.15) is 0 Å². The Balaban J connectivity index is 1.51. The van der Waals surface area contributed by atoms with E-state index in [-0.39, 0.29) is 5.43 Å². The van der Waals surface area contributed by atoms with Crippen molar-refractivity contribution >= 4 is 11.0 Å². The van der Waals surface area contributed by atoms with E-state index in [9.17, 15) is 4.79 Å². The van der Waals surface area contributed by atoms with Gasteiger partial charge in [-0.05, 0) is 31.7 Å². The van der Waals surface area contributed by atoms with Crippen LogP contribution in [0.1, 0.15) is 5.76 Å². The van der Waals surface area contributed by atoms with E-state index in [2.05, 4.69) is 16.8 Å². The molecule has 0 unspecified atom stereocenters. The molecule has 0 aliphatic carbocycles. The van der Waals surface area contributed by atoms with Crippen LogP contribution < -0.4 is 10.2 Å². The van der Waals surface area contributed by atoms with Gasteiger partial charge < -0.3 is 14.1 Å². The Morgan fingerprint density at radius 3 is 2.54 bits per heavy atom. The molecule has 0 amide bonds. The number of nitrogens with zero attached hydrogens (tertiary/aromatic N) is 2. The highest BCUT2D eigenvalue weighted by atomic mass is 16.5. The Kier molecular flexibility index (Phi) is 5.46. The highest BCUT2D eigenvalue weighted by Gasteiger charge is 2.15. The van der Waals surface area contributed by atoms with Crippen molar-refractivity contribution in [2.24, 2.45) is 0 Å². The standard InChI is InChI=1S/C23H26N2O3/c1-17-22(18-6-4-3-5-7-18)23(26)20-9-8-19(16-21(20)28-17)27-15-14-25-12-10-24(2)11-13-25/h3-9,16H,10-15H2,1-2H3. The van der Waals surface area contributed by atoms with Crippen molar-refractivity contribution < 1.29 is 9.15 Å². The van der Waals surface area contributed by atoms with Gasteiger partial charge in [0.05, 0.1) is 10.9 Å². The lowest BCUT2D eigenvalue weighted by Gasteiger charge is -2.32. The van der Waals surface area contributed by atoms with Crippen LogP contribution in [0.2, 0.25) is 0 Å². The maximum Gasteiger partial charge on any atom is 0.200 e. The number of ether oxygens (including phenoxy) is 1. The second-order valence-corrected chi connectivity index (χ2v) is 7.38. The van der Waals surface area contributed by atoms with E-state index in [0.717, 1.165) is 44.0 Å². The molecule has 1 aliphatic rings. The summed E-state index contributed by atoms with van der Waals surface area (Å²) < 4.78 is 11.9. The van der Waals surface area contributed by atoms with Crippen molar-refractivity contribution in [1.29, 1.82) is 0 Å². The Bertz CT molecular complexity index is 1010. The zero-order valence-corrected chi connectivity index (χ0v) is 16.5. The Hall–Kier alpha value is -2.63. The van der Waals surface area contributed by atoms with Gasteiger partial charge >= 0.3 is 0 Å². The lowest BCUT2D eigenvalue weighted by Crippen LogP contribution is -2.45. The molecular weight excluding hydrogens is 352 g/mol. The predicted octanol–water partition coefficient (Wildman–Crippen LogP) is 3.39. The minimum absolute atomic E-state index is 0.00561. The van der Waals surface area contributed by atoms with E-state index >= 15 is 0 Å².